The van der Waals surface area contributed by atoms with Crippen molar-refractivity contribution in [1.29, 1.82) is 0 Å². The summed E-state index contributed by atoms with van der Waals surface area (Å²) in [6, 6.07) is 9.74. The van der Waals surface area contributed by atoms with Crippen LogP contribution in [0.25, 0.3) is 0 Å². The summed E-state index contributed by atoms with van der Waals surface area (Å²) in [6.07, 6.45) is 0. The number of hydrogen-bond acceptors (Lipinski definition) is 6. The molecule has 1 heterocycles. The molecule has 19 heavy (non-hydrogen) atoms. The van der Waals surface area contributed by atoms with Gasteiger partial charge in [-0.25, -0.2) is 5.84 Å². The van der Waals surface area contributed by atoms with E-state index in [1.807, 2.05) is 12.1 Å². The smallest absolute Gasteiger partial charge is 0.278 e. The van der Waals surface area contributed by atoms with Gasteiger partial charge in [-0.2, -0.15) is 4.98 Å². The van der Waals surface area contributed by atoms with Crippen LogP contribution in [0.2, 0.25) is 0 Å². The van der Waals surface area contributed by atoms with Gasteiger partial charge in [-0.1, -0.05) is 12.1 Å². The van der Waals surface area contributed by atoms with Gasteiger partial charge >= 0.3 is 0 Å². The number of anilines is 1. The van der Waals surface area contributed by atoms with Crippen molar-refractivity contribution in [3.8, 4) is 11.6 Å². The van der Waals surface area contributed by atoms with E-state index in [0.29, 0.717) is 5.75 Å². The molecule has 3 N–H and O–H groups in total. The molecule has 0 aliphatic heterocycles. The number of nitrogen functional groups attached to an aromatic ring is 1. The molecule has 98 valence electrons. The van der Waals surface area contributed by atoms with E-state index < -0.39 is 4.92 Å². The monoisotopic (exact) mass is 372 g/mol. The average molecular weight is 372 g/mol. The zero-order valence-corrected chi connectivity index (χ0v) is 11.7. The van der Waals surface area contributed by atoms with Gasteiger partial charge in [-0.05, 0) is 34.7 Å². The highest BCUT2D eigenvalue weighted by Gasteiger charge is 2.13. The minimum absolute atomic E-state index is 0.103. The van der Waals surface area contributed by atoms with Crippen molar-refractivity contribution in [1.82, 2.24) is 4.98 Å². The number of rotatable bonds is 4. The van der Waals surface area contributed by atoms with E-state index in [4.69, 9.17) is 10.6 Å². The number of pyridine rings is 1. The first-order valence-electron chi connectivity index (χ1n) is 5.15. The van der Waals surface area contributed by atoms with E-state index >= 15 is 0 Å². The van der Waals surface area contributed by atoms with Crippen molar-refractivity contribution < 1.29 is 9.66 Å². The number of nitrogens with two attached hydrogens (primary N) is 1. The molecule has 0 saturated heterocycles. The number of nitrogens with zero attached hydrogens (tertiary/aromatic N) is 2. The van der Waals surface area contributed by atoms with Gasteiger partial charge in [0.05, 0.1) is 20.6 Å². The van der Waals surface area contributed by atoms with Gasteiger partial charge in [0.1, 0.15) is 5.75 Å². The first-order chi connectivity index (χ1) is 9.10. The highest BCUT2D eigenvalue weighted by molar-refractivity contribution is 14.1. The second-order valence-electron chi connectivity index (χ2n) is 3.48. The third-order valence-corrected chi connectivity index (χ3v) is 3.09. The van der Waals surface area contributed by atoms with Crippen LogP contribution in [0.1, 0.15) is 0 Å². The molecule has 0 atom stereocenters. The Morgan fingerprint density at radius 2 is 2.11 bits per heavy atom. The van der Waals surface area contributed by atoms with Crippen LogP contribution in [0.3, 0.4) is 0 Å². The lowest BCUT2D eigenvalue weighted by molar-refractivity contribution is -0.384. The maximum atomic E-state index is 10.8. The molecule has 2 rings (SSSR count). The molecule has 0 aliphatic carbocycles. The second kappa shape index (κ2) is 5.80. The van der Waals surface area contributed by atoms with Gasteiger partial charge < -0.3 is 10.2 Å². The molecule has 1 aromatic carbocycles. The van der Waals surface area contributed by atoms with Crippen molar-refractivity contribution in [2.45, 2.75) is 0 Å². The average Bonchev–Trinajstić information content (AvgIpc) is 2.41. The van der Waals surface area contributed by atoms with Gasteiger partial charge in [0, 0.05) is 0 Å². The summed E-state index contributed by atoms with van der Waals surface area (Å²) < 4.78 is 6.39. The summed E-state index contributed by atoms with van der Waals surface area (Å²) >= 11 is 2.10. The van der Waals surface area contributed by atoms with E-state index in [1.54, 1.807) is 12.1 Å². The highest BCUT2D eigenvalue weighted by atomic mass is 127. The number of hydrazine groups is 1. The molecule has 0 spiro atoms. The Morgan fingerprint density at radius 3 is 2.74 bits per heavy atom. The quantitative estimate of drug-likeness (QED) is 0.370. The molecule has 0 bridgehead atoms. The lowest BCUT2D eigenvalue weighted by Crippen LogP contribution is -2.09. The number of hydrogen-bond donors (Lipinski definition) is 2. The van der Waals surface area contributed by atoms with E-state index in [0.717, 1.165) is 3.57 Å². The Morgan fingerprint density at radius 1 is 1.37 bits per heavy atom. The SMILES string of the molecule is NNc1cc([N+](=O)[O-])cc(Oc2ccccc2I)n1. The van der Waals surface area contributed by atoms with Gasteiger partial charge in [0.2, 0.25) is 5.88 Å². The summed E-state index contributed by atoms with van der Waals surface area (Å²) in [4.78, 5) is 14.3. The van der Waals surface area contributed by atoms with Crippen LogP contribution >= 0.6 is 22.6 Å². The molecule has 8 heteroatoms. The van der Waals surface area contributed by atoms with E-state index in [1.165, 1.54) is 12.1 Å². The number of ether oxygens (including phenoxy) is 1. The normalized spacial score (nSPS) is 10.0. The zero-order valence-electron chi connectivity index (χ0n) is 9.54. The fourth-order valence-electron chi connectivity index (χ4n) is 1.36. The number of nitro groups is 1. The molecular weight excluding hydrogens is 363 g/mol. The zero-order chi connectivity index (χ0) is 13.8. The Hall–Kier alpha value is -1.94. The summed E-state index contributed by atoms with van der Waals surface area (Å²) in [7, 11) is 0. The van der Waals surface area contributed by atoms with Crippen molar-refractivity contribution in [2.75, 3.05) is 5.43 Å². The van der Waals surface area contributed by atoms with Gasteiger partial charge in [0.15, 0.2) is 5.82 Å². The lowest BCUT2D eigenvalue weighted by Gasteiger charge is -2.08. The minimum atomic E-state index is -0.536. The van der Waals surface area contributed by atoms with E-state index in [2.05, 4.69) is 33.0 Å². The summed E-state index contributed by atoms with van der Waals surface area (Å²) in [5.41, 5.74) is 2.12. The topological polar surface area (TPSA) is 103 Å². The Labute approximate surface area is 122 Å². The maximum Gasteiger partial charge on any atom is 0.278 e. The third kappa shape index (κ3) is 3.29. The minimum Gasteiger partial charge on any atom is -0.438 e. The highest BCUT2D eigenvalue weighted by Crippen LogP contribution is 2.28. The van der Waals surface area contributed by atoms with Crippen molar-refractivity contribution in [3.05, 3.63) is 50.1 Å². The van der Waals surface area contributed by atoms with E-state index in [9.17, 15) is 10.1 Å². The number of halogens is 1. The Kier molecular flexibility index (Phi) is 4.12. The van der Waals surface area contributed by atoms with E-state index in [-0.39, 0.29) is 17.4 Å². The van der Waals surface area contributed by atoms with Crippen molar-refractivity contribution in [3.63, 3.8) is 0 Å². The van der Waals surface area contributed by atoms with Crippen LogP contribution in [0.15, 0.2) is 36.4 Å². The molecule has 2 aromatic rings. The Bertz CT molecular complexity index is 621. The first-order valence-corrected chi connectivity index (χ1v) is 6.23. The third-order valence-electron chi connectivity index (χ3n) is 2.20. The van der Waals surface area contributed by atoms with Crippen LogP contribution < -0.4 is 16.0 Å². The van der Waals surface area contributed by atoms with Crippen LogP contribution in [0, 0.1) is 13.7 Å². The molecule has 0 fully saturated rings. The predicted octanol–water partition coefficient (Wildman–Crippen LogP) is 2.67. The number of aromatic nitrogens is 1. The second-order valence-corrected chi connectivity index (χ2v) is 4.64. The van der Waals surface area contributed by atoms with Crippen LogP contribution in [-0.4, -0.2) is 9.91 Å². The fourth-order valence-corrected chi connectivity index (χ4v) is 1.86. The first kappa shape index (κ1) is 13.5. The van der Waals surface area contributed by atoms with Crippen LogP contribution in [0.5, 0.6) is 11.6 Å². The lowest BCUT2D eigenvalue weighted by atomic mass is 10.3. The molecule has 0 saturated carbocycles. The van der Waals surface area contributed by atoms with Gasteiger partial charge in [-0.3, -0.25) is 10.1 Å². The van der Waals surface area contributed by atoms with Crippen molar-refractivity contribution >= 4 is 34.1 Å². The van der Waals surface area contributed by atoms with Gasteiger partial charge in [0.25, 0.3) is 5.69 Å². The standard InChI is InChI=1S/C11H9IN4O3/c12-8-3-1-2-4-9(8)19-11-6-7(16(17)18)5-10(14-11)15-13/h1-6H,13H2,(H,14,15). The fraction of sp³-hybridized carbons (Fsp3) is 0. The molecule has 0 radical (unpaired) electrons. The molecular formula is C11H9IN4O3. The molecule has 7 nitrogen and oxygen atoms in total. The summed E-state index contributed by atoms with van der Waals surface area (Å²) in [6.45, 7) is 0. The molecule has 1 aromatic heterocycles. The number of para-hydroxylation sites is 1. The largest absolute Gasteiger partial charge is 0.438 e. The van der Waals surface area contributed by atoms with Gasteiger partial charge in [-0.15, -0.1) is 0 Å². The number of benzene rings is 1. The summed E-state index contributed by atoms with van der Waals surface area (Å²) in [5, 5.41) is 10.8. The molecule has 0 amide bonds. The number of nitrogens with one attached hydrogen (secondary N) is 1. The Balaban J connectivity index is 2.37. The molecule has 0 unspecified atom stereocenters. The van der Waals surface area contributed by atoms with Crippen LogP contribution in [0.4, 0.5) is 11.5 Å². The summed E-state index contributed by atoms with van der Waals surface area (Å²) in [5.74, 6) is 6.05. The predicted molar refractivity (Wildman–Crippen MR) is 77.9 cm³/mol. The maximum absolute atomic E-state index is 10.8. The van der Waals surface area contributed by atoms with Crippen molar-refractivity contribution in [2.24, 2.45) is 5.84 Å². The van der Waals surface area contributed by atoms with Crippen LogP contribution in [-0.2, 0) is 0 Å². The molecule has 0 aliphatic rings.